The minimum absolute atomic E-state index is 0.0923. The Morgan fingerprint density at radius 2 is 1.45 bits per heavy atom. The van der Waals surface area contributed by atoms with E-state index < -0.39 is 0 Å². The number of halogens is 1. The van der Waals surface area contributed by atoms with Gasteiger partial charge >= 0.3 is 0 Å². The second-order valence-electron chi connectivity index (χ2n) is 6.32. The van der Waals surface area contributed by atoms with Crippen LogP contribution < -0.4 is 29.7 Å². The van der Waals surface area contributed by atoms with Crippen LogP contribution in [-0.2, 0) is 9.59 Å². The summed E-state index contributed by atoms with van der Waals surface area (Å²) in [5, 5.41) is 6.02. The number of carbonyl (C=O) groups is 2. The summed E-state index contributed by atoms with van der Waals surface area (Å²) >= 11 is 5.97. The highest BCUT2D eigenvalue weighted by molar-refractivity contribution is 6.31. The first-order valence-corrected chi connectivity index (χ1v) is 9.20. The minimum atomic E-state index is -0.262. The average Bonchev–Trinajstić information content (AvgIpc) is 2.67. The third kappa shape index (κ3) is 6.55. The van der Waals surface area contributed by atoms with Crippen molar-refractivity contribution in [3.63, 3.8) is 0 Å². The smallest absolute Gasteiger partial charge is 0.279 e. The van der Waals surface area contributed by atoms with Gasteiger partial charge in [0, 0.05) is 16.8 Å². The van der Waals surface area contributed by atoms with E-state index in [1.165, 1.54) is 14.2 Å². The van der Waals surface area contributed by atoms with E-state index in [-0.39, 0.29) is 24.9 Å². The first kappa shape index (κ1) is 22.3. The number of ether oxygens (including phenoxy) is 3. The molecule has 0 bridgehead atoms. The molecule has 0 aromatic heterocycles. The number of quaternary nitrogens is 1. The number of hydrogen-bond donors (Lipinski definition) is 3. The number of likely N-dealkylation sites (N-methyl/N-ethyl adjacent to an activating group) is 1. The molecule has 0 aliphatic carbocycles. The van der Waals surface area contributed by atoms with Crippen molar-refractivity contribution in [2.24, 2.45) is 0 Å². The molecule has 2 aromatic carbocycles. The first-order valence-electron chi connectivity index (χ1n) is 8.82. The maximum Gasteiger partial charge on any atom is 0.279 e. The number of nitrogens with one attached hydrogen (secondary N) is 3. The molecule has 2 aromatic rings. The fourth-order valence-corrected chi connectivity index (χ4v) is 2.87. The summed E-state index contributed by atoms with van der Waals surface area (Å²) < 4.78 is 15.6. The quantitative estimate of drug-likeness (QED) is 0.569. The summed E-state index contributed by atoms with van der Waals surface area (Å²) in [7, 11) is 6.32. The van der Waals surface area contributed by atoms with Crippen molar-refractivity contribution in [1.82, 2.24) is 0 Å². The average molecular weight is 423 g/mol. The van der Waals surface area contributed by atoms with Crippen molar-refractivity contribution in [3.05, 3.63) is 41.4 Å². The first-order chi connectivity index (χ1) is 13.9. The second-order valence-corrected chi connectivity index (χ2v) is 6.76. The minimum Gasteiger partial charge on any atom is -0.495 e. The Morgan fingerprint density at radius 1 is 0.862 bits per heavy atom. The molecule has 1 unspecified atom stereocenters. The van der Waals surface area contributed by atoms with Crippen LogP contribution in [0.25, 0.3) is 0 Å². The SMILES string of the molecule is COc1ccc(Cl)cc1NC(=O)C[NH+](C)CC(=O)Nc1ccc(OC)c(OC)c1. The van der Waals surface area contributed by atoms with Crippen LogP contribution in [0, 0.1) is 0 Å². The van der Waals surface area contributed by atoms with Crippen molar-refractivity contribution >= 4 is 34.8 Å². The van der Waals surface area contributed by atoms with Crippen LogP contribution in [0.15, 0.2) is 36.4 Å². The Morgan fingerprint density at radius 3 is 2.07 bits per heavy atom. The zero-order chi connectivity index (χ0) is 21.4. The standard InChI is InChI=1S/C20H24ClN3O5/c1-24(12-20(26)23-15-9-13(21)5-7-16(15)27-2)11-19(25)22-14-6-8-17(28-3)18(10-14)29-4/h5-10H,11-12H2,1-4H3,(H,22,25)(H,23,26)/p+1. The Labute approximate surface area is 174 Å². The van der Waals surface area contributed by atoms with E-state index in [1.807, 2.05) is 0 Å². The van der Waals surface area contributed by atoms with E-state index in [2.05, 4.69) is 10.6 Å². The van der Waals surface area contributed by atoms with Gasteiger partial charge in [-0.25, -0.2) is 0 Å². The predicted molar refractivity (Wildman–Crippen MR) is 111 cm³/mol. The lowest BCUT2D eigenvalue weighted by Gasteiger charge is -2.15. The molecule has 2 rings (SSSR count). The predicted octanol–water partition coefficient (Wildman–Crippen LogP) is 1.46. The molecule has 156 valence electrons. The third-order valence-electron chi connectivity index (χ3n) is 4.03. The van der Waals surface area contributed by atoms with Crippen molar-refractivity contribution < 1.29 is 28.7 Å². The molecule has 0 aliphatic heterocycles. The molecule has 29 heavy (non-hydrogen) atoms. The molecular weight excluding hydrogens is 398 g/mol. The van der Waals surface area contributed by atoms with Crippen molar-refractivity contribution in [1.29, 1.82) is 0 Å². The van der Waals surface area contributed by atoms with Crippen LogP contribution in [-0.4, -0.2) is 53.3 Å². The van der Waals surface area contributed by atoms with Crippen LogP contribution in [0.4, 0.5) is 11.4 Å². The zero-order valence-corrected chi connectivity index (χ0v) is 17.6. The van der Waals surface area contributed by atoms with Crippen LogP contribution in [0.2, 0.25) is 5.02 Å². The molecule has 9 heteroatoms. The molecule has 2 amide bonds. The monoisotopic (exact) mass is 422 g/mol. The second kappa shape index (κ2) is 10.5. The highest BCUT2D eigenvalue weighted by atomic mass is 35.5. The largest absolute Gasteiger partial charge is 0.495 e. The topological polar surface area (TPSA) is 90.3 Å². The number of amides is 2. The zero-order valence-electron chi connectivity index (χ0n) is 16.8. The lowest BCUT2D eigenvalue weighted by atomic mass is 10.2. The number of hydrogen-bond acceptors (Lipinski definition) is 5. The fourth-order valence-electron chi connectivity index (χ4n) is 2.70. The number of carbonyl (C=O) groups excluding carboxylic acids is 2. The van der Waals surface area contributed by atoms with E-state index in [9.17, 15) is 9.59 Å². The van der Waals surface area contributed by atoms with Gasteiger partial charge in [0.15, 0.2) is 24.6 Å². The highest BCUT2D eigenvalue weighted by Crippen LogP contribution is 2.29. The third-order valence-corrected chi connectivity index (χ3v) is 4.26. The number of benzene rings is 2. The van der Waals surface area contributed by atoms with E-state index in [4.69, 9.17) is 25.8 Å². The van der Waals surface area contributed by atoms with Gasteiger partial charge in [-0.1, -0.05) is 11.6 Å². The van der Waals surface area contributed by atoms with Crippen molar-refractivity contribution in [2.75, 3.05) is 52.1 Å². The maximum atomic E-state index is 12.3. The molecule has 3 N–H and O–H groups in total. The summed E-state index contributed by atoms with van der Waals surface area (Å²) in [5.41, 5.74) is 1.06. The summed E-state index contributed by atoms with van der Waals surface area (Å²) in [6.07, 6.45) is 0. The Hall–Kier alpha value is -2.97. The molecule has 0 fully saturated rings. The van der Waals surface area contributed by atoms with Gasteiger partial charge in [-0.3, -0.25) is 9.59 Å². The van der Waals surface area contributed by atoms with Gasteiger partial charge in [-0.2, -0.15) is 0 Å². The van der Waals surface area contributed by atoms with Gasteiger partial charge in [-0.15, -0.1) is 0 Å². The lowest BCUT2D eigenvalue weighted by Crippen LogP contribution is -3.11. The number of rotatable bonds is 9. The van der Waals surface area contributed by atoms with Crippen LogP contribution in [0.3, 0.4) is 0 Å². The summed E-state index contributed by atoms with van der Waals surface area (Å²) in [6, 6.07) is 10.0. The van der Waals surface area contributed by atoms with Gasteiger partial charge in [0.1, 0.15) is 5.75 Å². The Bertz CT molecular complexity index is 875. The Kier molecular flexibility index (Phi) is 8.11. The fraction of sp³-hybridized carbons (Fsp3) is 0.300. The molecule has 8 nitrogen and oxygen atoms in total. The summed E-state index contributed by atoms with van der Waals surface area (Å²) in [4.78, 5) is 25.3. The molecule has 0 radical (unpaired) electrons. The van der Waals surface area contributed by atoms with E-state index in [0.717, 1.165) is 0 Å². The Balaban J connectivity index is 1.90. The summed E-state index contributed by atoms with van der Waals surface area (Å²) in [6.45, 7) is 0.198. The lowest BCUT2D eigenvalue weighted by molar-refractivity contribution is -0.862. The molecule has 0 saturated heterocycles. The molecule has 1 atom stereocenters. The molecule has 0 saturated carbocycles. The van der Waals surface area contributed by atoms with E-state index in [1.54, 1.807) is 50.6 Å². The molecule has 0 heterocycles. The summed E-state index contributed by atoms with van der Waals surface area (Å²) in [5.74, 6) is 1.10. The van der Waals surface area contributed by atoms with E-state index >= 15 is 0 Å². The van der Waals surface area contributed by atoms with Crippen LogP contribution in [0.1, 0.15) is 0 Å². The van der Waals surface area contributed by atoms with Crippen LogP contribution >= 0.6 is 11.6 Å². The van der Waals surface area contributed by atoms with Crippen molar-refractivity contribution in [3.8, 4) is 17.2 Å². The van der Waals surface area contributed by atoms with E-state index in [0.29, 0.717) is 38.5 Å². The van der Waals surface area contributed by atoms with Gasteiger partial charge < -0.3 is 29.7 Å². The normalized spacial score (nSPS) is 11.3. The maximum absolute atomic E-state index is 12.3. The number of methoxy groups -OCH3 is 3. The molecular formula is C20H25ClN3O5+. The van der Waals surface area contributed by atoms with Gasteiger partial charge in [0.05, 0.1) is 34.1 Å². The van der Waals surface area contributed by atoms with Gasteiger partial charge in [0.2, 0.25) is 0 Å². The van der Waals surface area contributed by atoms with Gasteiger partial charge in [0.25, 0.3) is 11.8 Å². The number of anilines is 2. The molecule has 0 aliphatic rings. The van der Waals surface area contributed by atoms with Crippen LogP contribution in [0.5, 0.6) is 17.2 Å². The van der Waals surface area contributed by atoms with Gasteiger partial charge in [-0.05, 0) is 30.3 Å². The highest BCUT2D eigenvalue weighted by Gasteiger charge is 2.16. The van der Waals surface area contributed by atoms with Crippen molar-refractivity contribution in [2.45, 2.75) is 0 Å². The molecule has 0 spiro atoms.